The fourth-order valence-electron chi connectivity index (χ4n) is 5.99. The Morgan fingerprint density at radius 2 is 1.89 bits per heavy atom. The van der Waals surface area contributed by atoms with E-state index in [9.17, 15) is 9.59 Å². The molecular formula is C35H37ClN8O2. The summed E-state index contributed by atoms with van der Waals surface area (Å²) in [4.78, 5) is 38.9. The third kappa shape index (κ3) is 7.07. The topological polar surface area (TPSA) is 121 Å². The Balaban J connectivity index is 1.12. The van der Waals surface area contributed by atoms with Gasteiger partial charge in [-0.15, -0.1) is 0 Å². The van der Waals surface area contributed by atoms with Gasteiger partial charge < -0.3 is 25.8 Å². The van der Waals surface area contributed by atoms with Crippen LogP contribution < -0.4 is 16.4 Å². The zero-order valence-corrected chi connectivity index (χ0v) is 26.8. The Morgan fingerprint density at radius 3 is 2.65 bits per heavy atom. The van der Waals surface area contributed by atoms with Gasteiger partial charge in [-0.3, -0.25) is 14.5 Å². The van der Waals surface area contributed by atoms with E-state index < -0.39 is 0 Å². The lowest BCUT2D eigenvalue weighted by Crippen LogP contribution is -2.45. The third-order valence-corrected chi connectivity index (χ3v) is 8.93. The zero-order valence-electron chi connectivity index (χ0n) is 26.1. The van der Waals surface area contributed by atoms with E-state index in [1.807, 2.05) is 60.1 Å². The lowest BCUT2D eigenvalue weighted by molar-refractivity contribution is -0.115. The van der Waals surface area contributed by atoms with E-state index in [1.165, 1.54) is 0 Å². The van der Waals surface area contributed by atoms with E-state index in [0.29, 0.717) is 34.1 Å². The number of anilines is 2. The summed E-state index contributed by atoms with van der Waals surface area (Å²) in [5, 5.41) is 6.51. The van der Waals surface area contributed by atoms with Gasteiger partial charge in [0, 0.05) is 80.9 Å². The van der Waals surface area contributed by atoms with Gasteiger partial charge in [0.15, 0.2) is 0 Å². The van der Waals surface area contributed by atoms with Crippen LogP contribution in [0.4, 0.5) is 11.6 Å². The molecule has 2 aliphatic rings. The number of piperazine rings is 1. The average molecular weight is 637 g/mol. The number of nitrogen functional groups attached to an aromatic ring is 1. The summed E-state index contributed by atoms with van der Waals surface area (Å²) in [7, 11) is 1.91. The van der Waals surface area contributed by atoms with E-state index in [1.54, 1.807) is 6.20 Å². The first kappa shape index (κ1) is 31.3. The van der Waals surface area contributed by atoms with Crippen molar-refractivity contribution in [2.75, 3.05) is 50.3 Å². The van der Waals surface area contributed by atoms with E-state index in [0.717, 1.165) is 73.8 Å². The van der Waals surface area contributed by atoms with Gasteiger partial charge in [0.25, 0.3) is 5.91 Å². The minimum atomic E-state index is -0.143. The minimum Gasteiger partial charge on any atom is -0.368 e. The molecule has 46 heavy (non-hydrogen) atoms. The molecule has 236 valence electrons. The van der Waals surface area contributed by atoms with E-state index in [2.05, 4.69) is 49.2 Å². The number of fused-ring (bicyclic) bond motifs is 1. The van der Waals surface area contributed by atoms with Crippen LogP contribution >= 0.6 is 11.6 Å². The molecular weight excluding hydrogens is 600 g/mol. The van der Waals surface area contributed by atoms with Crippen molar-refractivity contribution in [2.24, 2.45) is 7.05 Å². The lowest BCUT2D eigenvalue weighted by Gasteiger charge is -2.34. The van der Waals surface area contributed by atoms with Crippen molar-refractivity contribution in [1.29, 1.82) is 0 Å². The summed E-state index contributed by atoms with van der Waals surface area (Å²) in [6, 6.07) is 15.1. The van der Waals surface area contributed by atoms with Gasteiger partial charge in [0.2, 0.25) is 11.9 Å². The summed E-state index contributed by atoms with van der Waals surface area (Å²) in [5.41, 5.74) is 12.7. The van der Waals surface area contributed by atoms with Gasteiger partial charge in [-0.05, 0) is 48.0 Å². The summed E-state index contributed by atoms with van der Waals surface area (Å²) in [6.45, 7) is 8.86. The predicted octanol–water partition coefficient (Wildman–Crippen LogP) is 3.72. The van der Waals surface area contributed by atoms with E-state index in [-0.39, 0.29) is 24.2 Å². The molecule has 2 amide bonds. The Labute approximate surface area is 274 Å². The molecule has 0 spiro atoms. The van der Waals surface area contributed by atoms with Crippen LogP contribution in [-0.4, -0.2) is 75.4 Å². The number of likely N-dealkylation sites (N-methyl/N-ethyl adjacent to an activating group) is 1. The normalized spacial score (nSPS) is 15.1. The Morgan fingerprint density at radius 1 is 1.09 bits per heavy atom. The Hall–Kier alpha value is -4.69. The molecule has 0 saturated carbocycles. The number of aromatic nitrogens is 3. The van der Waals surface area contributed by atoms with Crippen LogP contribution in [0.5, 0.6) is 0 Å². The van der Waals surface area contributed by atoms with Crippen molar-refractivity contribution in [2.45, 2.75) is 26.3 Å². The maximum atomic E-state index is 13.0. The highest BCUT2D eigenvalue weighted by Gasteiger charge is 2.24. The van der Waals surface area contributed by atoms with Crippen molar-refractivity contribution in [3.63, 3.8) is 0 Å². The molecule has 2 aliphatic heterocycles. The zero-order chi connectivity index (χ0) is 32.2. The number of hydrogen-bond acceptors (Lipinski definition) is 7. The first-order valence-corrected chi connectivity index (χ1v) is 15.9. The van der Waals surface area contributed by atoms with Gasteiger partial charge >= 0.3 is 0 Å². The van der Waals surface area contributed by atoms with Gasteiger partial charge in [-0.1, -0.05) is 48.6 Å². The lowest BCUT2D eigenvalue weighted by atomic mass is 10.1. The Bertz CT molecular complexity index is 1850. The molecule has 6 rings (SSSR count). The predicted molar refractivity (Wildman–Crippen MR) is 180 cm³/mol. The smallest absolute Gasteiger partial charge is 0.253 e. The molecule has 4 N–H and O–H groups in total. The first-order valence-electron chi connectivity index (χ1n) is 15.5. The first-order chi connectivity index (χ1) is 22.3. The number of carbonyl (C=O) groups excluding carboxylic acids is 2. The number of rotatable bonds is 7. The highest BCUT2D eigenvalue weighted by Crippen LogP contribution is 2.28. The van der Waals surface area contributed by atoms with Gasteiger partial charge in [-0.25, -0.2) is 9.97 Å². The standard InChI is InChI=1S/C35H37ClN8O2/c1-3-43-13-15-44(16-14-43)22-26-9-10-27(19-29(26)36)40-32(45)18-24-6-4-5-23(17-24)7-8-25-21-39-35(37)41-33(25)31-20-28-30(42(31)2)11-12-38-34(28)46/h4-6,9-10,17,19-21H,3,11-16,18,22H2,1-2H3,(H,38,46)(H,40,45)(H2,37,39,41). The second-order valence-electron chi connectivity index (χ2n) is 11.6. The quantitative estimate of drug-likeness (QED) is 0.264. The van der Waals surface area contributed by atoms with Crippen LogP contribution in [0.1, 0.15) is 45.2 Å². The minimum absolute atomic E-state index is 0.102. The molecule has 0 unspecified atom stereocenters. The van der Waals surface area contributed by atoms with E-state index in [4.69, 9.17) is 17.3 Å². The molecule has 11 heteroatoms. The average Bonchev–Trinajstić information content (AvgIpc) is 3.39. The molecule has 2 aromatic heterocycles. The van der Waals surface area contributed by atoms with Crippen molar-refractivity contribution in [3.8, 4) is 23.2 Å². The monoisotopic (exact) mass is 636 g/mol. The second kappa shape index (κ2) is 13.7. The maximum Gasteiger partial charge on any atom is 0.253 e. The fraction of sp³-hybridized carbons (Fsp3) is 0.314. The fourth-order valence-corrected chi connectivity index (χ4v) is 6.23. The van der Waals surface area contributed by atoms with Crippen molar-refractivity contribution in [1.82, 2.24) is 29.7 Å². The number of hydrogen-bond donors (Lipinski definition) is 3. The third-order valence-electron chi connectivity index (χ3n) is 8.58. The highest BCUT2D eigenvalue weighted by molar-refractivity contribution is 6.31. The van der Waals surface area contributed by atoms with Crippen LogP contribution in [0.2, 0.25) is 5.02 Å². The van der Waals surface area contributed by atoms with Crippen LogP contribution in [0.15, 0.2) is 54.7 Å². The van der Waals surface area contributed by atoms with Gasteiger partial charge in [0.05, 0.1) is 23.2 Å². The molecule has 0 bridgehead atoms. The highest BCUT2D eigenvalue weighted by atomic mass is 35.5. The molecule has 10 nitrogen and oxygen atoms in total. The number of carbonyl (C=O) groups is 2. The van der Waals surface area contributed by atoms with Gasteiger partial charge in [-0.2, -0.15) is 0 Å². The van der Waals surface area contributed by atoms with Crippen molar-refractivity contribution in [3.05, 3.63) is 93.3 Å². The number of nitrogens with one attached hydrogen (secondary N) is 2. The number of nitrogens with zero attached hydrogens (tertiary/aromatic N) is 5. The molecule has 4 aromatic rings. The largest absolute Gasteiger partial charge is 0.368 e. The SMILES string of the molecule is CCN1CCN(Cc2ccc(NC(=O)Cc3cccc(C#Cc4cnc(N)nc4-c4cc5c(n4C)CCNC5=O)c3)cc2Cl)CC1. The van der Waals surface area contributed by atoms with Crippen LogP contribution in [0, 0.1) is 11.8 Å². The summed E-state index contributed by atoms with van der Waals surface area (Å²) < 4.78 is 1.97. The van der Waals surface area contributed by atoms with Crippen molar-refractivity contribution >= 4 is 35.1 Å². The van der Waals surface area contributed by atoms with Crippen LogP contribution in [-0.2, 0) is 31.2 Å². The molecule has 0 radical (unpaired) electrons. The van der Waals surface area contributed by atoms with Crippen molar-refractivity contribution < 1.29 is 9.59 Å². The molecule has 1 fully saturated rings. The number of amides is 2. The maximum absolute atomic E-state index is 13.0. The summed E-state index contributed by atoms with van der Waals surface area (Å²) >= 11 is 6.62. The number of benzene rings is 2. The van der Waals surface area contributed by atoms with Gasteiger partial charge in [0.1, 0.15) is 5.69 Å². The molecule has 0 aliphatic carbocycles. The van der Waals surface area contributed by atoms with Crippen LogP contribution in [0.25, 0.3) is 11.4 Å². The summed E-state index contributed by atoms with van der Waals surface area (Å²) in [6.07, 6.45) is 2.51. The summed E-state index contributed by atoms with van der Waals surface area (Å²) in [5.74, 6) is 6.24. The molecule has 4 heterocycles. The number of nitrogens with two attached hydrogens (primary N) is 1. The second-order valence-corrected chi connectivity index (χ2v) is 12.0. The number of halogens is 1. The van der Waals surface area contributed by atoms with Crippen LogP contribution in [0.3, 0.4) is 0 Å². The molecule has 1 saturated heterocycles. The molecule has 0 atom stereocenters. The molecule has 2 aromatic carbocycles. The van der Waals surface area contributed by atoms with E-state index >= 15 is 0 Å². The Kier molecular flexibility index (Phi) is 9.35.